The van der Waals surface area contributed by atoms with E-state index in [1.54, 1.807) is 12.1 Å². The number of rotatable bonds is 5. The number of ether oxygens (including phenoxy) is 1. The topological polar surface area (TPSA) is 78.1 Å². The molecule has 0 bridgehead atoms. The number of nitrogens with two attached hydrogens (primary N) is 1. The first-order valence-electron chi connectivity index (χ1n) is 6.07. The summed E-state index contributed by atoms with van der Waals surface area (Å²) in [7, 11) is 0. The third kappa shape index (κ3) is 3.51. The van der Waals surface area contributed by atoms with E-state index < -0.39 is 0 Å². The summed E-state index contributed by atoms with van der Waals surface area (Å²) in [5, 5.41) is 8.87. The molecule has 0 aliphatic rings. The third-order valence-electron chi connectivity index (χ3n) is 2.54. The second kappa shape index (κ2) is 6.29. The van der Waals surface area contributed by atoms with Gasteiger partial charge in [-0.2, -0.15) is 0 Å². The Morgan fingerprint density at radius 1 is 1.32 bits per heavy atom. The van der Waals surface area contributed by atoms with Crippen LogP contribution >= 0.6 is 11.3 Å². The molecule has 2 rings (SSSR count). The van der Waals surface area contributed by atoms with Crippen LogP contribution in [0, 0.1) is 0 Å². The molecule has 0 aliphatic heterocycles. The molecule has 100 valence electrons. The summed E-state index contributed by atoms with van der Waals surface area (Å²) in [6, 6.07) is 7.08. The van der Waals surface area contributed by atoms with E-state index in [1.165, 1.54) is 11.3 Å². The SMILES string of the molecule is CCCCOC(=O)c1ccc(-c2nnc(N)s2)cc1. The zero-order valence-electron chi connectivity index (χ0n) is 10.6. The lowest BCUT2D eigenvalue weighted by Gasteiger charge is -2.04. The van der Waals surface area contributed by atoms with E-state index in [4.69, 9.17) is 10.5 Å². The van der Waals surface area contributed by atoms with Crippen LogP contribution in [0.25, 0.3) is 10.6 Å². The number of nitrogens with zero attached hydrogens (tertiary/aromatic N) is 2. The number of anilines is 1. The molecule has 0 fully saturated rings. The summed E-state index contributed by atoms with van der Waals surface area (Å²) in [5.41, 5.74) is 6.96. The molecule has 0 saturated heterocycles. The summed E-state index contributed by atoms with van der Waals surface area (Å²) >= 11 is 1.31. The number of esters is 1. The van der Waals surface area contributed by atoms with Crippen LogP contribution in [0.5, 0.6) is 0 Å². The van der Waals surface area contributed by atoms with Gasteiger partial charge in [-0.15, -0.1) is 10.2 Å². The molecule has 0 atom stereocenters. The number of benzene rings is 1. The first-order chi connectivity index (χ1) is 9.20. The summed E-state index contributed by atoms with van der Waals surface area (Å²) in [6.45, 7) is 2.51. The van der Waals surface area contributed by atoms with Crippen molar-refractivity contribution in [2.24, 2.45) is 0 Å². The van der Waals surface area contributed by atoms with Gasteiger partial charge in [-0.1, -0.05) is 36.8 Å². The number of unbranched alkanes of at least 4 members (excludes halogenated alkanes) is 1. The van der Waals surface area contributed by atoms with Gasteiger partial charge in [0, 0.05) is 5.56 Å². The van der Waals surface area contributed by atoms with Gasteiger partial charge in [-0.25, -0.2) is 4.79 Å². The standard InChI is InChI=1S/C13H15N3O2S/c1-2-3-8-18-12(17)10-6-4-9(5-7-10)11-15-16-13(14)19-11/h4-7H,2-3,8H2,1H3,(H2,14,16). The van der Waals surface area contributed by atoms with Gasteiger partial charge >= 0.3 is 5.97 Å². The maximum atomic E-state index is 11.7. The lowest BCUT2D eigenvalue weighted by molar-refractivity contribution is 0.0500. The summed E-state index contributed by atoms with van der Waals surface area (Å²) < 4.78 is 5.13. The minimum Gasteiger partial charge on any atom is -0.462 e. The first-order valence-corrected chi connectivity index (χ1v) is 6.89. The summed E-state index contributed by atoms with van der Waals surface area (Å²) in [4.78, 5) is 11.7. The van der Waals surface area contributed by atoms with Gasteiger partial charge in [0.15, 0.2) is 0 Å². The molecule has 1 heterocycles. The molecular formula is C13H15N3O2S. The Morgan fingerprint density at radius 3 is 2.63 bits per heavy atom. The molecule has 2 N–H and O–H groups in total. The Balaban J connectivity index is 2.04. The Bertz CT molecular complexity index is 551. The van der Waals surface area contributed by atoms with Crippen molar-refractivity contribution in [2.75, 3.05) is 12.3 Å². The predicted molar refractivity (Wildman–Crippen MR) is 74.9 cm³/mol. The normalized spacial score (nSPS) is 10.4. The smallest absolute Gasteiger partial charge is 0.338 e. The fraction of sp³-hybridized carbons (Fsp3) is 0.308. The van der Waals surface area contributed by atoms with Crippen LogP contribution in [0.15, 0.2) is 24.3 Å². The highest BCUT2D eigenvalue weighted by Gasteiger charge is 2.09. The number of carbonyl (C=O) groups is 1. The molecule has 6 heteroatoms. The molecule has 0 saturated carbocycles. The number of nitrogen functional groups attached to an aromatic ring is 1. The maximum absolute atomic E-state index is 11.7. The van der Waals surface area contributed by atoms with Gasteiger partial charge in [0.1, 0.15) is 5.01 Å². The Labute approximate surface area is 115 Å². The molecular weight excluding hydrogens is 262 g/mol. The monoisotopic (exact) mass is 277 g/mol. The van der Waals surface area contributed by atoms with Crippen molar-refractivity contribution < 1.29 is 9.53 Å². The maximum Gasteiger partial charge on any atom is 0.338 e. The van der Waals surface area contributed by atoms with E-state index >= 15 is 0 Å². The molecule has 0 radical (unpaired) electrons. The van der Waals surface area contributed by atoms with Gasteiger partial charge in [0.25, 0.3) is 0 Å². The van der Waals surface area contributed by atoms with Crippen molar-refractivity contribution in [1.29, 1.82) is 0 Å². The Kier molecular flexibility index (Phi) is 4.46. The van der Waals surface area contributed by atoms with Gasteiger partial charge < -0.3 is 10.5 Å². The lowest BCUT2D eigenvalue weighted by atomic mass is 10.1. The van der Waals surface area contributed by atoms with Crippen LogP contribution in [0.3, 0.4) is 0 Å². The van der Waals surface area contributed by atoms with Gasteiger partial charge in [0.05, 0.1) is 12.2 Å². The largest absolute Gasteiger partial charge is 0.462 e. The molecule has 0 spiro atoms. The summed E-state index contributed by atoms with van der Waals surface area (Å²) in [5.74, 6) is -0.295. The van der Waals surface area contributed by atoms with Crippen molar-refractivity contribution >= 4 is 22.4 Å². The molecule has 0 aliphatic carbocycles. The van der Waals surface area contributed by atoms with Crippen molar-refractivity contribution in [3.05, 3.63) is 29.8 Å². The molecule has 0 unspecified atom stereocenters. The molecule has 1 aromatic carbocycles. The first kappa shape index (κ1) is 13.5. The van der Waals surface area contributed by atoms with Crippen LogP contribution in [0.1, 0.15) is 30.1 Å². The predicted octanol–water partition coefficient (Wildman–Crippen LogP) is 2.74. The van der Waals surface area contributed by atoms with Crippen LogP contribution in [0.2, 0.25) is 0 Å². The number of carbonyl (C=O) groups excluding carboxylic acids is 1. The summed E-state index contributed by atoms with van der Waals surface area (Å²) in [6.07, 6.45) is 1.89. The van der Waals surface area contributed by atoms with E-state index in [2.05, 4.69) is 17.1 Å². The Hall–Kier alpha value is -1.95. The third-order valence-corrected chi connectivity index (χ3v) is 3.34. The van der Waals surface area contributed by atoms with E-state index in [9.17, 15) is 4.79 Å². The van der Waals surface area contributed by atoms with Crippen LogP contribution in [0.4, 0.5) is 5.13 Å². The zero-order valence-corrected chi connectivity index (χ0v) is 11.4. The highest BCUT2D eigenvalue weighted by atomic mass is 32.1. The van der Waals surface area contributed by atoms with E-state index in [1.807, 2.05) is 12.1 Å². The van der Waals surface area contributed by atoms with Crippen LogP contribution in [-0.4, -0.2) is 22.8 Å². The molecule has 19 heavy (non-hydrogen) atoms. The number of aromatic nitrogens is 2. The number of hydrogen-bond acceptors (Lipinski definition) is 6. The number of hydrogen-bond donors (Lipinski definition) is 1. The Morgan fingerprint density at radius 2 is 2.05 bits per heavy atom. The lowest BCUT2D eigenvalue weighted by Crippen LogP contribution is -2.05. The molecule has 2 aromatic rings. The highest BCUT2D eigenvalue weighted by molar-refractivity contribution is 7.18. The van der Waals surface area contributed by atoms with E-state index in [-0.39, 0.29) is 5.97 Å². The van der Waals surface area contributed by atoms with Crippen molar-refractivity contribution in [1.82, 2.24) is 10.2 Å². The molecule has 1 aromatic heterocycles. The van der Waals surface area contributed by atoms with Gasteiger partial charge in [0.2, 0.25) is 5.13 Å². The fourth-order valence-electron chi connectivity index (χ4n) is 1.49. The average Bonchev–Trinajstić information content (AvgIpc) is 2.86. The average molecular weight is 277 g/mol. The highest BCUT2D eigenvalue weighted by Crippen LogP contribution is 2.24. The zero-order chi connectivity index (χ0) is 13.7. The van der Waals surface area contributed by atoms with Crippen molar-refractivity contribution in [2.45, 2.75) is 19.8 Å². The minimum atomic E-state index is -0.295. The van der Waals surface area contributed by atoms with Gasteiger partial charge in [-0.3, -0.25) is 0 Å². The van der Waals surface area contributed by atoms with Crippen LogP contribution < -0.4 is 5.73 Å². The van der Waals surface area contributed by atoms with Gasteiger partial charge in [-0.05, 0) is 18.6 Å². The second-order valence-electron chi connectivity index (χ2n) is 4.01. The van der Waals surface area contributed by atoms with Crippen molar-refractivity contribution in [3.63, 3.8) is 0 Å². The van der Waals surface area contributed by atoms with Crippen molar-refractivity contribution in [3.8, 4) is 10.6 Å². The van der Waals surface area contributed by atoms with E-state index in [0.717, 1.165) is 23.4 Å². The molecule has 5 nitrogen and oxygen atoms in total. The molecule has 0 amide bonds. The van der Waals surface area contributed by atoms with Crippen LogP contribution in [-0.2, 0) is 4.74 Å². The minimum absolute atomic E-state index is 0.295. The quantitative estimate of drug-likeness (QED) is 0.671. The fourth-order valence-corrected chi connectivity index (χ4v) is 2.11. The van der Waals surface area contributed by atoms with E-state index in [0.29, 0.717) is 17.3 Å². The second-order valence-corrected chi connectivity index (χ2v) is 5.02.